The molecule has 100 valence electrons. The van der Waals surface area contributed by atoms with E-state index in [0.29, 0.717) is 11.5 Å². The Morgan fingerprint density at radius 3 is 3.33 bits per heavy atom. The van der Waals surface area contributed by atoms with Gasteiger partial charge in [-0.1, -0.05) is 0 Å². The normalized spacial score (nSPS) is 20.2. The molecule has 1 aliphatic heterocycles. The molecule has 2 heterocycles. The maximum atomic E-state index is 11.7. The molecule has 0 bridgehead atoms. The molecule has 0 aromatic carbocycles. The summed E-state index contributed by atoms with van der Waals surface area (Å²) in [5.41, 5.74) is 0.587. The smallest absolute Gasteiger partial charge is 0.254 e. The summed E-state index contributed by atoms with van der Waals surface area (Å²) in [5, 5.41) is 9.34. The van der Waals surface area contributed by atoms with Crippen LogP contribution in [0.25, 0.3) is 0 Å². The number of methoxy groups -OCH3 is 1. The van der Waals surface area contributed by atoms with E-state index in [2.05, 4.69) is 20.4 Å². The second kappa shape index (κ2) is 6.51. The van der Waals surface area contributed by atoms with Crippen LogP contribution in [0.1, 0.15) is 16.8 Å². The largest absolute Gasteiger partial charge is 0.383 e. The van der Waals surface area contributed by atoms with Crippen LogP contribution in [0, 0.1) is 5.92 Å². The van der Waals surface area contributed by atoms with Crippen LogP contribution in [-0.4, -0.2) is 60.9 Å². The van der Waals surface area contributed by atoms with Gasteiger partial charge < -0.3 is 15.0 Å². The van der Waals surface area contributed by atoms with Gasteiger partial charge in [-0.05, 0) is 18.9 Å². The maximum absolute atomic E-state index is 11.7. The van der Waals surface area contributed by atoms with Gasteiger partial charge in [0.1, 0.15) is 0 Å². The predicted octanol–water partition coefficient (Wildman–Crippen LogP) is 0.108. The van der Waals surface area contributed by atoms with Crippen molar-refractivity contribution in [2.75, 3.05) is 39.9 Å². The van der Waals surface area contributed by atoms with E-state index in [0.717, 1.165) is 39.2 Å². The minimum Gasteiger partial charge on any atom is -0.383 e. The van der Waals surface area contributed by atoms with Gasteiger partial charge >= 0.3 is 0 Å². The first kappa shape index (κ1) is 13.0. The van der Waals surface area contributed by atoms with Gasteiger partial charge in [0.25, 0.3) is 5.91 Å². The number of carbonyl (C=O) groups is 1. The Kier molecular flexibility index (Phi) is 4.72. The number of amides is 1. The fourth-order valence-corrected chi connectivity index (χ4v) is 2.22. The van der Waals surface area contributed by atoms with Crippen LogP contribution in [0.2, 0.25) is 0 Å². The average molecular weight is 252 g/mol. The fraction of sp³-hybridized carbons (Fsp3) is 0.667. The Morgan fingerprint density at radius 2 is 2.61 bits per heavy atom. The van der Waals surface area contributed by atoms with E-state index in [9.17, 15) is 4.79 Å². The van der Waals surface area contributed by atoms with Crippen molar-refractivity contribution in [1.29, 1.82) is 0 Å². The Hall–Kier alpha value is -1.40. The van der Waals surface area contributed by atoms with Gasteiger partial charge in [-0.15, -0.1) is 0 Å². The molecule has 0 aliphatic carbocycles. The highest BCUT2D eigenvalue weighted by Crippen LogP contribution is 2.14. The zero-order valence-electron chi connectivity index (χ0n) is 10.7. The van der Waals surface area contributed by atoms with E-state index in [1.165, 1.54) is 6.20 Å². The minimum atomic E-state index is -0.0564. The van der Waals surface area contributed by atoms with Crippen molar-refractivity contribution < 1.29 is 9.53 Å². The molecule has 0 spiro atoms. The van der Waals surface area contributed by atoms with E-state index in [1.54, 1.807) is 13.3 Å². The topological polar surface area (TPSA) is 70.2 Å². The van der Waals surface area contributed by atoms with Gasteiger partial charge in [0.15, 0.2) is 0 Å². The van der Waals surface area contributed by atoms with E-state index in [4.69, 9.17) is 4.74 Å². The van der Waals surface area contributed by atoms with Gasteiger partial charge in [-0.3, -0.25) is 9.89 Å². The van der Waals surface area contributed by atoms with Gasteiger partial charge in [-0.2, -0.15) is 5.10 Å². The first-order chi connectivity index (χ1) is 8.79. The Bertz CT molecular complexity index is 366. The fourth-order valence-electron chi connectivity index (χ4n) is 2.22. The van der Waals surface area contributed by atoms with E-state index in [1.807, 2.05) is 0 Å². The van der Waals surface area contributed by atoms with E-state index < -0.39 is 0 Å². The highest BCUT2D eigenvalue weighted by Gasteiger charge is 2.22. The SMILES string of the molecule is COCCN1CC[C@H](CNC(=O)c2cn[nH]c2)C1. The number of hydrogen-bond donors (Lipinski definition) is 2. The highest BCUT2D eigenvalue weighted by atomic mass is 16.5. The van der Waals surface area contributed by atoms with Crippen molar-refractivity contribution in [3.63, 3.8) is 0 Å². The van der Waals surface area contributed by atoms with Crippen molar-refractivity contribution >= 4 is 5.91 Å². The standard InChI is InChI=1S/C12H20N4O2/c1-18-5-4-16-3-2-10(9-16)6-13-12(17)11-7-14-15-8-11/h7-8,10H,2-6,9H2,1H3,(H,13,17)(H,14,15)/t10-/m1/s1. The van der Waals surface area contributed by atoms with Crippen LogP contribution in [-0.2, 0) is 4.74 Å². The molecule has 1 atom stereocenters. The van der Waals surface area contributed by atoms with Crippen molar-refractivity contribution in [1.82, 2.24) is 20.4 Å². The number of likely N-dealkylation sites (tertiary alicyclic amines) is 1. The van der Waals surface area contributed by atoms with Crippen LogP contribution in [0.5, 0.6) is 0 Å². The quantitative estimate of drug-likeness (QED) is 0.754. The number of aromatic amines is 1. The Balaban J connectivity index is 1.67. The van der Waals surface area contributed by atoms with Gasteiger partial charge in [0.05, 0.1) is 18.4 Å². The molecule has 0 saturated carbocycles. The summed E-state index contributed by atoms with van der Waals surface area (Å²) in [6, 6.07) is 0. The van der Waals surface area contributed by atoms with E-state index in [-0.39, 0.29) is 5.91 Å². The van der Waals surface area contributed by atoms with E-state index >= 15 is 0 Å². The number of carbonyl (C=O) groups excluding carboxylic acids is 1. The second-order valence-electron chi connectivity index (χ2n) is 4.65. The van der Waals surface area contributed by atoms with Crippen LogP contribution in [0.4, 0.5) is 0 Å². The zero-order chi connectivity index (χ0) is 12.8. The number of aromatic nitrogens is 2. The first-order valence-corrected chi connectivity index (χ1v) is 6.28. The summed E-state index contributed by atoms with van der Waals surface area (Å²) in [6.45, 7) is 4.61. The lowest BCUT2D eigenvalue weighted by atomic mass is 10.1. The van der Waals surface area contributed by atoms with Crippen molar-refractivity contribution in [3.05, 3.63) is 18.0 Å². The summed E-state index contributed by atoms with van der Waals surface area (Å²) >= 11 is 0. The highest BCUT2D eigenvalue weighted by molar-refractivity contribution is 5.93. The van der Waals surface area contributed by atoms with Crippen molar-refractivity contribution in [2.24, 2.45) is 5.92 Å². The van der Waals surface area contributed by atoms with Crippen LogP contribution in [0.3, 0.4) is 0 Å². The molecule has 1 aliphatic rings. The van der Waals surface area contributed by atoms with Crippen molar-refractivity contribution in [2.45, 2.75) is 6.42 Å². The number of nitrogens with zero attached hydrogens (tertiary/aromatic N) is 2. The molecule has 0 radical (unpaired) electrons. The first-order valence-electron chi connectivity index (χ1n) is 6.28. The molecule has 1 saturated heterocycles. The molecule has 6 nitrogen and oxygen atoms in total. The molecule has 1 aromatic rings. The Morgan fingerprint density at radius 1 is 1.72 bits per heavy atom. The lowest BCUT2D eigenvalue weighted by molar-refractivity contribution is 0.0947. The number of H-pyrrole nitrogens is 1. The summed E-state index contributed by atoms with van der Waals surface area (Å²) in [4.78, 5) is 14.1. The lowest BCUT2D eigenvalue weighted by Crippen LogP contribution is -2.31. The third-order valence-corrected chi connectivity index (χ3v) is 3.29. The molecule has 1 fully saturated rings. The number of nitrogens with one attached hydrogen (secondary N) is 2. The van der Waals surface area contributed by atoms with Crippen molar-refractivity contribution in [3.8, 4) is 0 Å². The van der Waals surface area contributed by atoms with Gasteiger partial charge in [0, 0.05) is 32.9 Å². The summed E-state index contributed by atoms with van der Waals surface area (Å²) in [7, 11) is 1.72. The lowest BCUT2D eigenvalue weighted by Gasteiger charge is -2.15. The number of ether oxygens (including phenoxy) is 1. The van der Waals surface area contributed by atoms with Crippen LogP contribution >= 0.6 is 0 Å². The van der Waals surface area contributed by atoms with Crippen LogP contribution in [0.15, 0.2) is 12.4 Å². The summed E-state index contributed by atoms with van der Waals surface area (Å²) in [6.07, 6.45) is 4.28. The molecule has 2 rings (SSSR count). The molecular formula is C12H20N4O2. The van der Waals surface area contributed by atoms with Crippen LogP contribution < -0.4 is 5.32 Å². The second-order valence-corrected chi connectivity index (χ2v) is 4.65. The molecule has 1 aromatic heterocycles. The maximum Gasteiger partial charge on any atom is 0.254 e. The number of hydrogen-bond acceptors (Lipinski definition) is 4. The summed E-state index contributed by atoms with van der Waals surface area (Å²) < 4.78 is 5.06. The predicted molar refractivity (Wildman–Crippen MR) is 67.3 cm³/mol. The minimum absolute atomic E-state index is 0.0564. The molecule has 18 heavy (non-hydrogen) atoms. The average Bonchev–Trinajstić information content (AvgIpc) is 3.04. The summed E-state index contributed by atoms with van der Waals surface area (Å²) in [5.74, 6) is 0.483. The number of rotatable bonds is 6. The third-order valence-electron chi connectivity index (χ3n) is 3.29. The monoisotopic (exact) mass is 252 g/mol. The molecule has 2 N–H and O–H groups in total. The Labute approximate surface area is 107 Å². The molecule has 0 unspecified atom stereocenters. The molecular weight excluding hydrogens is 232 g/mol. The van der Waals surface area contributed by atoms with Gasteiger partial charge in [0.2, 0.25) is 0 Å². The van der Waals surface area contributed by atoms with Gasteiger partial charge in [-0.25, -0.2) is 0 Å². The molecule has 1 amide bonds. The third kappa shape index (κ3) is 3.54. The molecule has 6 heteroatoms. The zero-order valence-corrected chi connectivity index (χ0v) is 10.7.